The monoisotopic (exact) mass is 656 g/mol. The molecule has 2 N–H and O–H groups in total. The van der Waals surface area contributed by atoms with Gasteiger partial charge in [-0.1, -0.05) is 36.4 Å². The number of benzene rings is 2. The van der Waals surface area contributed by atoms with Crippen LogP contribution in [0.25, 0.3) is 32.9 Å². The van der Waals surface area contributed by atoms with Crippen LogP contribution in [0, 0.1) is 5.82 Å². The van der Waals surface area contributed by atoms with Gasteiger partial charge in [0.25, 0.3) is 0 Å². The van der Waals surface area contributed by atoms with E-state index < -0.39 is 11.4 Å². The number of nitrogens with one attached hydrogen (secondary N) is 1. The summed E-state index contributed by atoms with van der Waals surface area (Å²) in [5.41, 5.74) is 1.55. The predicted octanol–water partition coefficient (Wildman–Crippen LogP) is 5.04. The van der Waals surface area contributed by atoms with Crippen LogP contribution in [0.3, 0.4) is 0 Å². The molecule has 0 aliphatic carbocycles. The molecule has 3 saturated heterocycles. The number of ether oxygens (including phenoxy) is 2. The van der Waals surface area contributed by atoms with E-state index in [4.69, 9.17) is 24.4 Å². The highest BCUT2D eigenvalue weighted by Crippen LogP contribution is 2.41. The predicted molar refractivity (Wildman–Crippen MR) is 184 cm³/mol. The van der Waals surface area contributed by atoms with Gasteiger partial charge in [0.05, 0.1) is 16.5 Å². The maximum absolute atomic E-state index is 17.0. The second-order valence-electron chi connectivity index (χ2n) is 13.7. The maximum atomic E-state index is 17.0. The first-order valence-electron chi connectivity index (χ1n) is 17.3. The molecule has 11 heteroatoms. The zero-order valence-electron chi connectivity index (χ0n) is 27.7. The molecule has 48 heavy (non-hydrogen) atoms. The lowest BCUT2D eigenvalue weighted by Gasteiger charge is -2.43. The number of aliphatic hydroxyl groups excluding tert-OH is 1. The van der Waals surface area contributed by atoms with Crippen LogP contribution in [-0.4, -0.2) is 95.6 Å². The number of halogens is 1. The fraction of sp³-hybridized carbons (Fsp3) is 0.514. The molecular formula is C37H45FN6O4. The van der Waals surface area contributed by atoms with Gasteiger partial charge in [0, 0.05) is 45.2 Å². The molecule has 3 fully saturated rings. The van der Waals surface area contributed by atoms with E-state index in [1.807, 2.05) is 30.3 Å². The van der Waals surface area contributed by atoms with E-state index in [1.54, 1.807) is 13.3 Å². The Morgan fingerprint density at radius 1 is 1.06 bits per heavy atom. The van der Waals surface area contributed by atoms with Crippen LogP contribution in [0.1, 0.15) is 56.9 Å². The van der Waals surface area contributed by atoms with E-state index >= 15 is 4.39 Å². The zero-order valence-corrected chi connectivity index (χ0v) is 27.7. The van der Waals surface area contributed by atoms with Crippen molar-refractivity contribution >= 4 is 33.9 Å². The number of anilines is 1. The van der Waals surface area contributed by atoms with Gasteiger partial charge in [-0.05, 0) is 87.2 Å². The summed E-state index contributed by atoms with van der Waals surface area (Å²) in [6.45, 7) is 4.22. The third kappa shape index (κ3) is 6.08. The molecule has 254 valence electrons. The number of carbonyl (C=O) groups excluding carboxylic acids is 1. The minimum absolute atomic E-state index is 0.0299. The van der Waals surface area contributed by atoms with Gasteiger partial charge in [-0.15, -0.1) is 0 Å². The number of piperidine rings is 1. The molecule has 1 atom stereocenters. The van der Waals surface area contributed by atoms with Crippen LogP contribution in [0.5, 0.6) is 6.01 Å². The van der Waals surface area contributed by atoms with Crippen LogP contribution in [0.15, 0.2) is 42.6 Å². The highest BCUT2D eigenvalue weighted by molar-refractivity contribution is 6.00. The first-order chi connectivity index (χ1) is 23.5. The van der Waals surface area contributed by atoms with Crippen molar-refractivity contribution in [1.82, 2.24) is 25.2 Å². The van der Waals surface area contributed by atoms with Gasteiger partial charge in [-0.3, -0.25) is 14.7 Å². The Bertz CT molecular complexity index is 1770. The van der Waals surface area contributed by atoms with Gasteiger partial charge in [-0.25, -0.2) is 4.39 Å². The molecule has 3 aliphatic heterocycles. The Labute approximate surface area is 280 Å². The number of carbonyl (C=O) groups is 1. The molecule has 1 unspecified atom stereocenters. The Kier molecular flexibility index (Phi) is 9.44. The van der Waals surface area contributed by atoms with Crippen molar-refractivity contribution in [1.29, 1.82) is 0 Å². The number of hydrogen-bond acceptors (Lipinski definition) is 9. The molecule has 5 heterocycles. The summed E-state index contributed by atoms with van der Waals surface area (Å²) in [6, 6.07) is 12.2. The van der Waals surface area contributed by atoms with E-state index in [2.05, 4.69) is 21.2 Å². The van der Waals surface area contributed by atoms with Crippen molar-refractivity contribution in [2.75, 3.05) is 58.0 Å². The number of pyridine rings is 1. The molecule has 7 rings (SSSR count). The van der Waals surface area contributed by atoms with Gasteiger partial charge in [0.2, 0.25) is 6.41 Å². The number of hydrogen-bond donors (Lipinski definition) is 2. The molecule has 2 aromatic carbocycles. The van der Waals surface area contributed by atoms with Crippen LogP contribution in [0.2, 0.25) is 0 Å². The quantitative estimate of drug-likeness (QED) is 0.151. The normalized spacial score (nSPS) is 20.8. The minimum Gasteiger partial charge on any atom is -0.461 e. The van der Waals surface area contributed by atoms with Gasteiger partial charge < -0.3 is 24.8 Å². The number of aromatic nitrogens is 3. The molecule has 10 nitrogen and oxygen atoms in total. The number of aryl methyl sites for hydroxylation is 1. The number of nitrogens with zero attached hydrogens (tertiary/aromatic N) is 5. The SMILES string of the molecule is COCCCc1cccc2cccc(-c3ncc4c(N5CCCC(CCO)(NC=O)C5)nc(OCC56CCCN5CCC6)nc4c3F)c12. The molecule has 3 aliphatic rings. The summed E-state index contributed by atoms with van der Waals surface area (Å²) in [5.74, 6) is -0.000553. The van der Waals surface area contributed by atoms with Crippen molar-refractivity contribution in [2.24, 2.45) is 0 Å². The van der Waals surface area contributed by atoms with Crippen molar-refractivity contribution in [3.63, 3.8) is 0 Å². The summed E-state index contributed by atoms with van der Waals surface area (Å²) in [6.07, 6.45) is 10.3. The van der Waals surface area contributed by atoms with E-state index in [0.717, 1.165) is 80.8 Å². The Morgan fingerprint density at radius 3 is 2.62 bits per heavy atom. The zero-order chi connectivity index (χ0) is 33.1. The van der Waals surface area contributed by atoms with Crippen LogP contribution in [-0.2, 0) is 16.0 Å². The third-order valence-corrected chi connectivity index (χ3v) is 10.8. The maximum Gasteiger partial charge on any atom is 0.319 e. The first kappa shape index (κ1) is 32.6. The Hall–Kier alpha value is -3.93. The van der Waals surface area contributed by atoms with Crippen LogP contribution < -0.4 is 15.0 Å². The largest absolute Gasteiger partial charge is 0.461 e. The second kappa shape index (κ2) is 13.9. The average Bonchev–Trinajstić information content (AvgIpc) is 3.69. The van der Waals surface area contributed by atoms with Gasteiger partial charge in [0.15, 0.2) is 5.82 Å². The molecular weight excluding hydrogens is 611 g/mol. The Balaban J connectivity index is 1.34. The third-order valence-electron chi connectivity index (χ3n) is 10.8. The van der Waals surface area contributed by atoms with Crippen LogP contribution >= 0.6 is 0 Å². The summed E-state index contributed by atoms with van der Waals surface area (Å²) in [5, 5.41) is 15.3. The molecule has 0 radical (unpaired) electrons. The number of rotatable bonds is 13. The van der Waals surface area contributed by atoms with Gasteiger partial charge >= 0.3 is 6.01 Å². The standard InChI is InChI=1S/C37H45FN6O4/c1-47-21-4-11-27-9-2-8-26-10-3-12-28(30(26)27)32-31(38)33-29(22-39-32)34(43-17-5-13-36(23-43,16-20-45)40-25-46)42-35(41-33)48-24-37-14-6-18-44(37)19-7-15-37/h2-3,8-10,12,22,25,45H,4-7,11,13-21,23-24H2,1H3,(H,40,46). The summed E-state index contributed by atoms with van der Waals surface area (Å²) in [4.78, 5) is 30.6. The van der Waals surface area contributed by atoms with Gasteiger partial charge in [0.1, 0.15) is 23.6 Å². The fourth-order valence-corrected chi connectivity index (χ4v) is 8.45. The fourth-order valence-electron chi connectivity index (χ4n) is 8.45. The van der Waals surface area contributed by atoms with Crippen molar-refractivity contribution in [2.45, 2.75) is 68.9 Å². The Morgan fingerprint density at radius 2 is 1.85 bits per heavy atom. The van der Waals surface area contributed by atoms with E-state index in [9.17, 15) is 9.90 Å². The summed E-state index contributed by atoms with van der Waals surface area (Å²) >= 11 is 0. The second-order valence-corrected chi connectivity index (χ2v) is 13.7. The molecule has 4 aromatic rings. The lowest BCUT2D eigenvalue weighted by Crippen LogP contribution is -2.57. The summed E-state index contributed by atoms with van der Waals surface area (Å²) < 4.78 is 28.8. The first-order valence-corrected chi connectivity index (χ1v) is 17.3. The molecule has 1 amide bonds. The highest BCUT2D eigenvalue weighted by Gasteiger charge is 2.45. The van der Waals surface area contributed by atoms with Crippen LogP contribution in [0.4, 0.5) is 10.2 Å². The average molecular weight is 657 g/mol. The minimum atomic E-state index is -0.631. The number of aliphatic hydroxyl groups is 1. The smallest absolute Gasteiger partial charge is 0.319 e. The van der Waals surface area contributed by atoms with Crippen molar-refractivity contribution < 1.29 is 23.8 Å². The molecule has 0 bridgehead atoms. The topological polar surface area (TPSA) is 113 Å². The lowest BCUT2D eigenvalue weighted by molar-refractivity contribution is -0.111. The number of fused-ring (bicyclic) bond motifs is 3. The molecule has 2 aromatic heterocycles. The van der Waals surface area contributed by atoms with E-state index in [0.29, 0.717) is 55.9 Å². The van der Waals surface area contributed by atoms with Crippen molar-refractivity contribution in [3.8, 4) is 17.3 Å². The van der Waals surface area contributed by atoms with Gasteiger partial charge in [-0.2, -0.15) is 9.97 Å². The highest BCUT2D eigenvalue weighted by atomic mass is 19.1. The van der Waals surface area contributed by atoms with E-state index in [1.165, 1.54) is 0 Å². The number of amides is 1. The molecule has 0 spiro atoms. The van der Waals surface area contributed by atoms with E-state index in [-0.39, 0.29) is 29.4 Å². The number of methoxy groups -OCH3 is 1. The molecule has 0 saturated carbocycles. The summed E-state index contributed by atoms with van der Waals surface area (Å²) in [7, 11) is 1.70. The lowest BCUT2D eigenvalue weighted by atomic mass is 9.86. The van der Waals surface area contributed by atoms with Crippen molar-refractivity contribution in [3.05, 3.63) is 54.0 Å².